The summed E-state index contributed by atoms with van der Waals surface area (Å²) < 4.78 is 1.10. The molecular formula is C14H16IN5O. The normalized spacial score (nSPS) is 10.5. The fourth-order valence-corrected chi connectivity index (χ4v) is 2.04. The van der Waals surface area contributed by atoms with Crippen molar-refractivity contribution in [2.75, 3.05) is 10.7 Å². The van der Waals surface area contributed by atoms with Gasteiger partial charge in [0.2, 0.25) is 0 Å². The van der Waals surface area contributed by atoms with Crippen LogP contribution in [0.4, 0.5) is 11.4 Å². The van der Waals surface area contributed by atoms with Gasteiger partial charge < -0.3 is 10.7 Å². The van der Waals surface area contributed by atoms with Gasteiger partial charge >= 0.3 is 0 Å². The van der Waals surface area contributed by atoms with Crippen LogP contribution in [-0.4, -0.2) is 15.9 Å². The molecule has 7 heteroatoms. The molecule has 0 bridgehead atoms. The molecule has 0 saturated carbocycles. The summed E-state index contributed by atoms with van der Waals surface area (Å²) >= 11 is 2.20. The zero-order valence-corrected chi connectivity index (χ0v) is 13.9. The average molecular weight is 397 g/mol. The smallest absolute Gasteiger partial charge is 0.276 e. The second kappa shape index (κ2) is 6.81. The molecule has 110 valence electrons. The Morgan fingerprint density at radius 3 is 2.52 bits per heavy atom. The number of nitrogens with one attached hydrogen (secondary N) is 2. The minimum Gasteiger partial charge on any atom is -0.321 e. The van der Waals surface area contributed by atoms with Crippen molar-refractivity contribution in [1.82, 2.24) is 9.97 Å². The lowest BCUT2D eigenvalue weighted by molar-refractivity contribution is 0.102. The number of nitrogen functional groups attached to an aromatic ring is 1. The number of hydrogen-bond donors (Lipinski definition) is 3. The maximum Gasteiger partial charge on any atom is 0.276 e. The summed E-state index contributed by atoms with van der Waals surface area (Å²) in [4.78, 5) is 20.8. The molecule has 2 aromatic rings. The van der Waals surface area contributed by atoms with Crippen LogP contribution in [0.25, 0.3) is 0 Å². The summed E-state index contributed by atoms with van der Waals surface area (Å²) in [5, 5.41) is 2.80. The predicted molar refractivity (Wildman–Crippen MR) is 91.0 cm³/mol. The predicted octanol–water partition coefficient (Wildman–Crippen LogP) is 2.74. The van der Waals surface area contributed by atoms with Crippen molar-refractivity contribution < 1.29 is 4.79 Å². The van der Waals surface area contributed by atoms with Crippen LogP contribution < -0.4 is 16.6 Å². The van der Waals surface area contributed by atoms with E-state index in [4.69, 9.17) is 5.84 Å². The Bertz CT molecular complexity index is 642. The van der Waals surface area contributed by atoms with E-state index >= 15 is 0 Å². The third-order valence-corrected chi connectivity index (χ3v) is 3.52. The number of hydrazine groups is 1. The van der Waals surface area contributed by atoms with Crippen LogP contribution in [0.5, 0.6) is 0 Å². The number of amides is 1. The number of aromatic nitrogens is 2. The number of carbonyl (C=O) groups is 1. The first-order valence-corrected chi connectivity index (χ1v) is 7.49. The van der Waals surface area contributed by atoms with Gasteiger partial charge in [-0.3, -0.25) is 10.6 Å². The second-order valence-corrected chi connectivity index (χ2v) is 6.00. The van der Waals surface area contributed by atoms with Crippen LogP contribution in [-0.2, 0) is 0 Å². The van der Waals surface area contributed by atoms with E-state index in [0.29, 0.717) is 17.2 Å². The van der Waals surface area contributed by atoms with Gasteiger partial charge in [-0.15, -0.1) is 0 Å². The Labute approximate surface area is 136 Å². The molecule has 4 N–H and O–H groups in total. The van der Waals surface area contributed by atoms with Gasteiger partial charge in [-0.1, -0.05) is 13.8 Å². The minimum atomic E-state index is -0.326. The van der Waals surface area contributed by atoms with Crippen molar-refractivity contribution in [3.05, 3.63) is 45.6 Å². The standard InChI is InChI=1S/C14H16IN5O/c1-8(2)13-17-7-11(20-16)12(19-13)14(21)18-10-5-3-9(15)4-6-10/h3-8,20H,16H2,1-2H3,(H,18,21). The number of rotatable bonds is 4. The molecule has 2 rings (SSSR count). The highest BCUT2D eigenvalue weighted by Gasteiger charge is 2.16. The van der Waals surface area contributed by atoms with Crippen molar-refractivity contribution in [3.63, 3.8) is 0 Å². The van der Waals surface area contributed by atoms with Crippen LogP contribution >= 0.6 is 22.6 Å². The molecule has 1 aromatic heterocycles. The first kappa shape index (κ1) is 15.6. The lowest BCUT2D eigenvalue weighted by Crippen LogP contribution is -2.20. The van der Waals surface area contributed by atoms with Crippen molar-refractivity contribution in [2.45, 2.75) is 19.8 Å². The van der Waals surface area contributed by atoms with Gasteiger partial charge in [-0.25, -0.2) is 9.97 Å². The summed E-state index contributed by atoms with van der Waals surface area (Å²) in [6.07, 6.45) is 1.52. The molecule has 0 unspecified atom stereocenters. The molecule has 21 heavy (non-hydrogen) atoms. The van der Waals surface area contributed by atoms with Crippen LogP contribution in [0.1, 0.15) is 36.1 Å². The Hall–Kier alpha value is -1.74. The van der Waals surface area contributed by atoms with Crippen molar-refractivity contribution in [2.24, 2.45) is 5.84 Å². The number of nitrogens with zero attached hydrogens (tertiary/aromatic N) is 2. The number of hydrogen-bond acceptors (Lipinski definition) is 5. The SMILES string of the molecule is CC(C)c1ncc(NN)c(C(=O)Nc2ccc(I)cc2)n1. The summed E-state index contributed by atoms with van der Waals surface area (Å²) in [6.45, 7) is 3.93. The van der Waals surface area contributed by atoms with E-state index in [1.54, 1.807) is 0 Å². The first-order valence-electron chi connectivity index (χ1n) is 6.41. The maximum absolute atomic E-state index is 12.4. The lowest BCUT2D eigenvalue weighted by Gasteiger charge is -2.11. The molecule has 0 spiro atoms. The molecule has 1 heterocycles. The Balaban J connectivity index is 2.28. The van der Waals surface area contributed by atoms with Gasteiger partial charge in [0.25, 0.3) is 5.91 Å². The molecule has 0 aliphatic carbocycles. The minimum absolute atomic E-state index is 0.127. The Morgan fingerprint density at radius 2 is 1.95 bits per heavy atom. The summed E-state index contributed by atoms with van der Waals surface area (Å²) in [7, 11) is 0. The van der Waals surface area contributed by atoms with E-state index in [2.05, 4.69) is 43.3 Å². The van der Waals surface area contributed by atoms with E-state index in [-0.39, 0.29) is 17.5 Å². The van der Waals surface area contributed by atoms with Gasteiger partial charge in [-0.05, 0) is 46.9 Å². The molecular weight excluding hydrogens is 381 g/mol. The summed E-state index contributed by atoms with van der Waals surface area (Å²) in [5.41, 5.74) is 3.77. The third kappa shape index (κ3) is 3.88. The van der Waals surface area contributed by atoms with Crippen LogP contribution in [0.15, 0.2) is 30.5 Å². The highest BCUT2D eigenvalue weighted by atomic mass is 127. The van der Waals surface area contributed by atoms with Crippen LogP contribution in [0.3, 0.4) is 0 Å². The molecule has 0 saturated heterocycles. The fourth-order valence-electron chi connectivity index (χ4n) is 1.68. The van der Waals surface area contributed by atoms with Gasteiger partial charge in [0.15, 0.2) is 5.69 Å². The summed E-state index contributed by atoms with van der Waals surface area (Å²) in [5.74, 6) is 5.82. The number of benzene rings is 1. The fraction of sp³-hybridized carbons (Fsp3) is 0.214. The van der Waals surface area contributed by atoms with Gasteiger partial charge in [-0.2, -0.15) is 0 Å². The Morgan fingerprint density at radius 1 is 1.29 bits per heavy atom. The van der Waals surface area contributed by atoms with Crippen LogP contribution in [0.2, 0.25) is 0 Å². The molecule has 0 aliphatic rings. The largest absolute Gasteiger partial charge is 0.321 e. The van der Waals surface area contributed by atoms with E-state index < -0.39 is 0 Å². The van der Waals surface area contributed by atoms with E-state index in [1.165, 1.54) is 6.20 Å². The van der Waals surface area contributed by atoms with Crippen molar-refractivity contribution in [3.8, 4) is 0 Å². The molecule has 0 fully saturated rings. The number of halogens is 1. The van der Waals surface area contributed by atoms with Gasteiger partial charge in [0, 0.05) is 15.2 Å². The molecule has 0 atom stereocenters. The highest BCUT2D eigenvalue weighted by molar-refractivity contribution is 14.1. The molecule has 1 amide bonds. The van der Waals surface area contributed by atoms with Crippen molar-refractivity contribution in [1.29, 1.82) is 0 Å². The van der Waals surface area contributed by atoms with Gasteiger partial charge in [0.1, 0.15) is 5.82 Å². The quantitative estimate of drug-likeness (QED) is 0.419. The average Bonchev–Trinajstić information content (AvgIpc) is 2.48. The van der Waals surface area contributed by atoms with E-state index in [9.17, 15) is 4.79 Å². The zero-order chi connectivity index (χ0) is 15.4. The zero-order valence-electron chi connectivity index (χ0n) is 11.7. The summed E-state index contributed by atoms with van der Waals surface area (Å²) in [6, 6.07) is 7.50. The number of carbonyl (C=O) groups excluding carboxylic acids is 1. The number of nitrogens with two attached hydrogens (primary N) is 1. The third-order valence-electron chi connectivity index (χ3n) is 2.80. The molecule has 0 radical (unpaired) electrons. The van der Waals surface area contributed by atoms with Gasteiger partial charge in [0.05, 0.1) is 11.9 Å². The van der Waals surface area contributed by atoms with E-state index in [1.807, 2.05) is 38.1 Å². The number of anilines is 2. The second-order valence-electron chi connectivity index (χ2n) is 4.75. The van der Waals surface area contributed by atoms with Crippen molar-refractivity contribution >= 4 is 39.9 Å². The van der Waals surface area contributed by atoms with E-state index in [0.717, 1.165) is 3.57 Å². The highest BCUT2D eigenvalue weighted by Crippen LogP contribution is 2.18. The van der Waals surface area contributed by atoms with Crippen LogP contribution in [0, 0.1) is 3.57 Å². The first-order chi connectivity index (χ1) is 10.0. The molecule has 6 nitrogen and oxygen atoms in total. The monoisotopic (exact) mass is 397 g/mol. The topological polar surface area (TPSA) is 92.9 Å². The Kier molecular flexibility index (Phi) is 5.07. The lowest BCUT2D eigenvalue weighted by atomic mass is 10.2. The molecule has 1 aromatic carbocycles. The molecule has 0 aliphatic heterocycles. The maximum atomic E-state index is 12.4.